The molecule has 1 aromatic carbocycles. The van der Waals surface area contributed by atoms with E-state index in [0.717, 1.165) is 7.11 Å². The highest BCUT2D eigenvalue weighted by Gasteiger charge is 2.22. The molecule has 0 spiro atoms. The van der Waals surface area contributed by atoms with E-state index < -0.39 is 43.9 Å². The van der Waals surface area contributed by atoms with E-state index in [2.05, 4.69) is 20.0 Å². The Hall–Kier alpha value is -3.41. The van der Waals surface area contributed by atoms with Gasteiger partial charge in [0.05, 0.1) is 42.1 Å². The van der Waals surface area contributed by atoms with Crippen LogP contribution in [0, 0.1) is 18.6 Å². The maximum absolute atomic E-state index is 14.1. The van der Waals surface area contributed by atoms with Crippen LogP contribution in [0.1, 0.15) is 16.1 Å². The largest absolute Gasteiger partial charge is 0.465 e. The number of nitrogens with one attached hydrogen (secondary N) is 1. The second-order valence-electron chi connectivity index (χ2n) is 5.57. The summed E-state index contributed by atoms with van der Waals surface area (Å²) in [7, 11) is -3.31. The predicted octanol–water partition coefficient (Wildman–Crippen LogP) is 1.84. The average molecular weight is 409 g/mol. The molecule has 28 heavy (non-hydrogen) atoms. The van der Waals surface area contributed by atoms with Gasteiger partial charge in [0.1, 0.15) is 11.6 Å². The fourth-order valence-corrected chi connectivity index (χ4v) is 3.22. The van der Waals surface area contributed by atoms with Crippen molar-refractivity contribution in [3.63, 3.8) is 0 Å². The minimum absolute atomic E-state index is 0.426. The number of hydrogen-bond donors (Lipinski definition) is 1. The van der Waals surface area contributed by atoms with Crippen molar-refractivity contribution in [2.24, 2.45) is 0 Å². The zero-order valence-electron chi connectivity index (χ0n) is 14.6. The third-order valence-corrected chi connectivity index (χ3v) is 4.86. The third-order valence-electron chi connectivity index (χ3n) is 3.57. The highest BCUT2D eigenvalue weighted by atomic mass is 32.2. The number of methoxy groups -OCH3 is 1. The van der Waals surface area contributed by atoms with Crippen molar-refractivity contribution < 1.29 is 26.7 Å². The molecular weight excluding hydrogens is 396 g/mol. The summed E-state index contributed by atoms with van der Waals surface area (Å²) in [4.78, 5) is 15.2. The number of nitrogens with zero attached hydrogens (tertiary/aromatic N) is 4. The fourth-order valence-electron chi connectivity index (χ4n) is 2.23. The summed E-state index contributed by atoms with van der Waals surface area (Å²) in [5, 5.41) is 7.21. The number of halogens is 2. The lowest BCUT2D eigenvalue weighted by atomic mass is 10.2. The Kier molecular flexibility index (Phi) is 5.05. The first kappa shape index (κ1) is 19.4. The van der Waals surface area contributed by atoms with Gasteiger partial charge in [0.25, 0.3) is 10.0 Å². The lowest BCUT2D eigenvalue weighted by molar-refractivity contribution is 0.0595. The summed E-state index contributed by atoms with van der Waals surface area (Å²) in [6, 6.07) is 3.69. The maximum atomic E-state index is 14.1. The first-order valence-electron chi connectivity index (χ1n) is 7.67. The summed E-state index contributed by atoms with van der Waals surface area (Å²) in [6.45, 7) is 1.73. The molecule has 0 radical (unpaired) electrons. The van der Waals surface area contributed by atoms with Gasteiger partial charge >= 0.3 is 5.97 Å². The van der Waals surface area contributed by atoms with E-state index in [9.17, 15) is 22.0 Å². The van der Waals surface area contributed by atoms with Crippen molar-refractivity contribution in [1.29, 1.82) is 0 Å². The molecule has 0 saturated carbocycles. The number of anilines is 1. The third kappa shape index (κ3) is 3.81. The number of hydrogen-bond acceptors (Lipinski definition) is 7. The molecule has 0 amide bonds. The van der Waals surface area contributed by atoms with Crippen molar-refractivity contribution in [3.05, 3.63) is 59.6 Å². The number of ether oxygens (including phenoxy) is 1. The predicted molar refractivity (Wildman–Crippen MR) is 92.4 cm³/mol. The number of rotatable bonds is 5. The molecule has 0 unspecified atom stereocenters. The van der Waals surface area contributed by atoms with E-state index in [4.69, 9.17) is 0 Å². The highest BCUT2D eigenvalue weighted by Crippen LogP contribution is 2.23. The quantitative estimate of drug-likeness (QED) is 0.639. The Balaban J connectivity index is 1.88. The molecule has 3 aromatic rings. The van der Waals surface area contributed by atoms with Gasteiger partial charge < -0.3 is 4.74 Å². The Labute approximate surface area is 158 Å². The van der Waals surface area contributed by atoms with Gasteiger partial charge in [0.15, 0.2) is 5.03 Å². The topological polar surface area (TPSA) is 116 Å². The SMILES string of the molecule is COC(=O)c1cc(F)c(NS(=O)(=O)c2ccc(-n3cc(C)nn3)cn2)cc1F. The van der Waals surface area contributed by atoms with Crippen molar-refractivity contribution >= 4 is 21.7 Å². The lowest BCUT2D eigenvalue weighted by Gasteiger charge is -2.10. The van der Waals surface area contributed by atoms with Crippen LogP contribution in [0.3, 0.4) is 0 Å². The van der Waals surface area contributed by atoms with Gasteiger partial charge in [-0.2, -0.15) is 8.42 Å². The van der Waals surface area contributed by atoms with E-state index in [0.29, 0.717) is 23.5 Å². The van der Waals surface area contributed by atoms with Gasteiger partial charge in [-0.15, -0.1) is 5.10 Å². The zero-order chi connectivity index (χ0) is 20.5. The Bertz CT molecular complexity index is 1150. The number of carbonyl (C=O) groups is 1. The second-order valence-corrected chi connectivity index (χ2v) is 7.20. The monoisotopic (exact) mass is 409 g/mol. The molecule has 0 fully saturated rings. The van der Waals surface area contributed by atoms with Crippen LogP contribution in [0.25, 0.3) is 5.69 Å². The molecule has 2 heterocycles. The summed E-state index contributed by atoms with van der Waals surface area (Å²) < 4.78 is 60.5. The van der Waals surface area contributed by atoms with Gasteiger partial charge in [0.2, 0.25) is 0 Å². The molecule has 0 saturated heterocycles. The number of aryl methyl sites for hydroxylation is 1. The molecule has 12 heteroatoms. The molecule has 0 atom stereocenters. The van der Waals surface area contributed by atoms with Crippen molar-refractivity contribution in [2.45, 2.75) is 11.9 Å². The molecule has 0 aliphatic carbocycles. The summed E-state index contributed by atoms with van der Waals surface area (Å²) in [5.74, 6) is -3.39. The van der Waals surface area contributed by atoms with Crippen LogP contribution in [-0.4, -0.2) is 41.5 Å². The molecule has 3 rings (SSSR count). The second kappa shape index (κ2) is 7.31. The summed E-state index contributed by atoms with van der Waals surface area (Å²) >= 11 is 0. The molecule has 1 N–H and O–H groups in total. The van der Waals surface area contributed by atoms with E-state index >= 15 is 0 Å². The smallest absolute Gasteiger partial charge is 0.340 e. The Morgan fingerprint density at radius 1 is 1.21 bits per heavy atom. The molecule has 0 bridgehead atoms. The standard InChI is InChI=1S/C16H13F2N5O4S/c1-9-8-23(22-20-9)10-3-4-15(19-7-10)28(25,26)21-14-6-12(17)11(5-13(14)18)16(24)27-2/h3-8,21H,1-2H3. The number of pyridine rings is 1. The summed E-state index contributed by atoms with van der Waals surface area (Å²) in [5.41, 5.74) is -0.220. The number of carbonyl (C=O) groups excluding carboxylic acids is 1. The number of benzene rings is 1. The van der Waals surface area contributed by atoms with Crippen LogP contribution in [0.15, 0.2) is 41.7 Å². The normalized spacial score (nSPS) is 11.3. The van der Waals surface area contributed by atoms with Crippen LogP contribution in [0.4, 0.5) is 14.5 Å². The minimum atomic E-state index is -4.31. The van der Waals surface area contributed by atoms with Crippen LogP contribution >= 0.6 is 0 Å². The molecule has 9 nitrogen and oxygen atoms in total. The summed E-state index contributed by atoms with van der Waals surface area (Å²) in [6.07, 6.45) is 2.85. The van der Waals surface area contributed by atoms with Crippen LogP contribution in [0.2, 0.25) is 0 Å². The van der Waals surface area contributed by atoms with E-state index in [-0.39, 0.29) is 0 Å². The van der Waals surface area contributed by atoms with Crippen molar-refractivity contribution in [2.75, 3.05) is 11.8 Å². The molecule has 0 aliphatic rings. The van der Waals surface area contributed by atoms with Crippen molar-refractivity contribution in [3.8, 4) is 5.69 Å². The van der Waals surface area contributed by atoms with Gasteiger partial charge in [0, 0.05) is 6.07 Å². The highest BCUT2D eigenvalue weighted by molar-refractivity contribution is 7.92. The van der Waals surface area contributed by atoms with Crippen LogP contribution in [0.5, 0.6) is 0 Å². The Morgan fingerprint density at radius 3 is 2.54 bits per heavy atom. The number of aromatic nitrogens is 4. The van der Waals surface area contributed by atoms with Crippen LogP contribution in [-0.2, 0) is 14.8 Å². The van der Waals surface area contributed by atoms with E-state index in [1.165, 1.54) is 23.0 Å². The fraction of sp³-hybridized carbons (Fsp3) is 0.125. The van der Waals surface area contributed by atoms with Gasteiger partial charge in [-0.25, -0.2) is 23.2 Å². The van der Waals surface area contributed by atoms with E-state index in [1.54, 1.807) is 13.1 Å². The average Bonchev–Trinajstić information content (AvgIpc) is 3.10. The molecular formula is C16H13F2N5O4S. The zero-order valence-corrected chi connectivity index (χ0v) is 15.4. The Morgan fingerprint density at radius 2 is 1.96 bits per heavy atom. The van der Waals surface area contributed by atoms with Gasteiger partial charge in [-0.3, -0.25) is 4.72 Å². The number of sulfonamides is 1. The molecule has 2 aromatic heterocycles. The van der Waals surface area contributed by atoms with Gasteiger partial charge in [-0.05, 0) is 25.1 Å². The molecule has 146 valence electrons. The van der Waals surface area contributed by atoms with Crippen LogP contribution < -0.4 is 4.72 Å². The lowest BCUT2D eigenvalue weighted by Crippen LogP contribution is -2.16. The molecule has 0 aliphatic heterocycles. The van der Waals surface area contributed by atoms with E-state index in [1.807, 2.05) is 4.72 Å². The first-order valence-corrected chi connectivity index (χ1v) is 9.15. The maximum Gasteiger partial charge on any atom is 0.340 e. The first-order chi connectivity index (χ1) is 13.2. The van der Waals surface area contributed by atoms with Gasteiger partial charge in [-0.1, -0.05) is 5.21 Å². The van der Waals surface area contributed by atoms with Crippen molar-refractivity contribution in [1.82, 2.24) is 20.0 Å². The minimum Gasteiger partial charge on any atom is -0.465 e. The number of esters is 1.